The molecule has 0 aliphatic heterocycles. The molecule has 0 radical (unpaired) electrons. The van der Waals surface area contributed by atoms with Crippen LogP contribution in [0.1, 0.15) is 47.0 Å². The second-order valence-electron chi connectivity index (χ2n) is 5.19. The van der Waals surface area contributed by atoms with E-state index < -0.39 is 0 Å². The topological polar surface area (TPSA) is 20.2 Å². The van der Waals surface area contributed by atoms with Gasteiger partial charge in [-0.05, 0) is 44.4 Å². The second-order valence-corrected chi connectivity index (χ2v) is 5.19. The summed E-state index contributed by atoms with van der Waals surface area (Å²) in [5.41, 5.74) is 3.02. The van der Waals surface area contributed by atoms with Crippen LogP contribution in [-0.4, -0.2) is 11.7 Å². The molecule has 15 heavy (non-hydrogen) atoms. The van der Waals surface area contributed by atoms with E-state index in [0.717, 1.165) is 17.9 Å². The fourth-order valence-corrected chi connectivity index (χ4v) is 2.36. The van der Waals surface area contributed by atoms with Gasteiger partial charge < -0.3 is 5.11 Å². The molecule has 2 unspecified atom stereocenters. The summed E-state index contributed by atoms with van der Waals surface area (Å²) in [5, 5.41) is 8.92. The van der Waals surface area contributed by atoms with Gasteiger partial charge >= 0.3 is 0 Å². The number of aliphatic hydroxyl groups excluding tert-OH is 1. The summed E-state index contributed by atoms with van der Waals surface area (Å²) in [4.78, 5) is 0. The minimum absolute atomic E-state index is 0.196. The van der Waals surface area contributed by atoms with Gasteiger partial charge in [-0.1, -0.05) is 37.1 Å². The zero-order chi connectivity index (χ0) is 11.5. The van der Waals surface area contributed by atoms with Crippen LogP contribution in [0, 0.1) is 11.3 Å². The van der Waals surface area contributed by atoms with E-state index in [1.807, 2.05) is 6.92 Å². The highest BCUT2D eigenvalue weighted by Gasteiger charge is 2.35. The number of rotatable bonds is 4. The lowest BCUT2D eigenvalue weighted by Gasteiger charge is -2.31. The molecule has 1 aliphatic carbocycles. The van der Waals surface area contributed by atoms with Crippen molar-refractivity contribution in [2.24, 2.45) is 11.3 Å². The first-order valence-electron chi connectivity index (χ1n) is 5.94. The van der Waals surface area contributed by atoms with E-state index in [1.165, 1.54) is 12.8 Å². The smallest absolute Gasteiger partial charge is 0.0639 e. The van der Waals surface area contributed by atoms with Crippen LogP contribution in [-0.2, 0) is 0 Å². The van der Waals surface area contributed by atoms with E-state index in [1.54, 1.807) is 5.57 Å². The van der Waals surface area contributed by atoms with Crippen molar-refractivity contribution >= 4 is 0 Å². The fraction of sp³-hybridized carbons (Fsp3) is 0.714. The molecule has 0 saturated carbocycles. The first-order chi connectivity index (χ1) is 7.00. The van der Waals surface area contributed by atoms with Crippen molar-refractivity contribution in [2.75, 3.05) is 6.61 Å². The Morgan fingerprint density at radius 3 is 2.80 bits per heavy atom. The average molecular weight is 208 g/mol. The minimum Gasteiger partial charge on any atom is -0.392 e. The van der Waals surface area contributed by atoms with Crippen LogP contribution >= 0.6 is 0 Å². The SMILES string of the molecule is CC1=CCC(C)C1(C)CC/C=C(/C)CO. The molecule has 0 aromatic heterocycles. The molecule has 1 nitrogen and oxygen atoms in total. The highest BCUT2D eigenvalue weighted by Crippen LogP contribution is 2.46. The molecule has 2 atom stereocenters. The number of allylic oxidation sites excluding steroid dienone is 3. The summed E-state index contributed by atoms with van der Waals surface area (Å²) in [5.74, 6) is 0.764. The van der Waals surface area contributed by atoms with Crippen molar-refractivity contribution in [1.82, 2.24) is 0 Å². The Labute approximate surface area is 93.9 Å². The molecule has 0 spiro atoms. The molecule has 0 aromatic carbocycles. The van der Waals surface area contributed by atoms with Crippen molar-refractivity contribution in [1.29, 1.82) is 0 Å². The van der Waals surface area contributed by atoms with E-state index in [0.29, 0.717) is 5.41 Å². The second kappa shape index (κ2) is 4.98. The fourth-order valence-electron chi connectivity index (χ4n) is 2.36. The highest BCUT2D eigenvalue weighted by molar-refractivity contribution is 5.19. The van der Waals surface area contributed by atoms with Gasteiger partial charge in [0.15, 0.2) is 0 Å². The minimum atomic E-state index is 0.196. The Morgan fingerprint density at radius 1 is 1.67 bits per heavy atom. The maximum absolute atomic E-state index is 8.92. The number of hydrogen-bond donors (Lipinski definition) is 1. The Balaban J connectivity index is 2.54. The molecule has 0 bridgehead atoms. The predicted octanol–water partition coefficient (Wildman–Crippen LogP) is 3.70. The van der Waals surface area contributed by atoms with Crippen LogP contribution in [0.15, 0.2) is 23.3 Å². The quantitative estimate of drug-likeness (QED) is 0.698. The first kappa shape index (κ1) is 12.5. The van der Waals surface area contributed by atoms with Crippen LogP contribution in [0.25, 0.3) is 0 Å². The van der Waals surface area contributed by atoms with Crippen molar-refractivity contribution in [3.63, 3.8) is 0 Å². The summed E-state index contributed by atoms with van der Waals surface area (Å²) < 4.78 is 0. The number of hydrogen-bond acceptors (Lipinski definition) is 1. The lowest BCUT2D eigenvalue weighted by molar-refractivity contribution is 0.263. The molecule has 0 amide bonds. The summed E-state index contributed by atoms with van der Waals surface area (Å²) in [6, 6.07) is 0. The van der Waals surface area contributed by atoms with Gasteiger partial charge in [-0.15, -0.1) is 0 Å². The Morgan fingerprint density at radius 2 is 2.33 bits per heavy atom. The van der Waals surface area contributed by atoms with Crippen LogP contribution < -0.4 is 0 Å². The van der Waals surface area contributed by atoms with E-state index in [4.69, 9.17) is 5.11 Å². The first-order valence-corrected chi connectivity index (χ1v) is 5.94. The zero-order valence-electron chi connectivity index (χ0n) is 10.5. The van der Waals surface area contributed by atoms with Gasteiger partial charge in [0.2, 0.25) is 0 Å². The van der Waals surface area contributed by atoms with Crippen LogP contribution in [0.3, 0.4) is 0 Å². The van der Waals surface area contributed by atoms with Crippen molar-refractivity contribution in [3.8, 4) is 0 Å². The van der Waals surface area contributed by atoms with Gasteiger partial charge in [-0.25, -0.2) is 0 Å². The van der Waals surface area contributed by atoms with Crippen molar-refractivity contribution in [3.05, 3.63) is 23.3 Å². The largest absolute Gasteiger partial charge is 0.392 e. The third-order valence-corrected chi connectivity index (χ3v) is 4.17. The Hall–Kier alpha value is -0.560. The Kier molecular flexibility index (Phi) is 4.15. The van der Waals surface area contributed by atoms with Crippen molar-refractivity contribution < 1.29 is 5.11 Å². The van der Waals surface area contributed by atoms with Gasteiger partial charge in [0, 0.05) is 0 Å². The van der Waals surface area contributed by atoms with Crippen LogP contribution in [0.2, 0.25) is 0 Å². The molecule has 0 aromatic rings. The zero-order valence-corrected chi connectivity index (χ0v) is 10.5. The Bertz CT molecular complexity index is 275. The van der Waals surface area contributed by atoms with E-state index >= 15 is 0 Å². The predicted molar refractivity (Wildman–Crippen MR) is 65.7 cm³/mol. The molecule has 1 N–H and O–H groups in total. The summed E-state index contributed by atoms with van der Waals surface area (Å²) in [7, 11) is 0. The molecule has 0 heterocycles. The van der Waals surface area contributed by atoms with E-state index in [-0.39, 0.29) is 6.61 Å². The summed E-state index contributed by atoms with van der Waals surface area (Å²) >= 11 is 0. The summed E-state index contributed by atoms with van der Waals surface area (Å²) in [6.07, 6.45) is 8.06. The number of aliphatic hydroxyl groups is 1. The van der Waals surface area contributed by atoms with Gasteiger partial charge in [-0.2, -0.15) is 0 Å². The van der Waals surface area contributed by atoms with Gasteiger partial charge in [0.1, 0.15) is 0 Å². The molecule has 86 valence electrons. The van der Waals surface area contributed by atoms with Gasteiger partial charge in [-0.3, -0.25) is 0 Å². The lowest BCUT2D eigenvalue weighted by Crippen LogP contribution is -2.22. The molecule has 1 aliphatic rings. The van der Waals surface area contributed by atoms with E-state index in [2.05, 4.69) is 32.9 Å². The monoisotopic (exact) mass is 208 g/mol. The third-order valence-electron chi connectivity index (χ3n) is 4.17. The molecular weight excluding hydrogens is 184 g/mol. The summed E-state index contributed by atoms with van der Waals surface area (Å²) in [6.45, 7) is 9.16. The molecule has 0 fully saturated rings. The van der Waals surface area contributed by atoms with Crippen LogP contribution in [0.5, 0.6) is 0 Å². The maximum atomic E-state index is 8.92. The van der Waals surface area contributed by atoms with Gasteiger partial charge in [0.25, 0.3) is 0 Å². The van der Waals surface area contributed by atoms with Gasteiger partial charge in [0.05, 0.1) is 6.61 Å². The average Bonchev–Trinajstić information content (AvgIpc) is 2.46. The van der Waals surface area contributed by atoms with Crippen molar-refractivity contribution in [2.45, 2.75) is 47.0 Å². The van der Waals surface area contributed by atoms with E-state index in [9.17, 15) is 0 Å². The highest BCUT2D eigenvalue weighted by atomic mass is 16.3. The molecule has 1 rings (SSSR count). The molecular formula is C14H24O. The van der Waals surface area contributed by atoms with Crippen LogP contribution in [0.4, 0.5) is 0 Å². The standard InChI is InChI=1S/C14H24O/c1-11(10-15)6-5-9-14(4)12(2)7-8-13(14)3/h6-7,13,15H,5,8-10H2,1-4H3/b11-6-. The third kappa shape index (κ3) is 2.72. The molecule has 0 saturated heterocycles. The maximum Gasteiger partial charge on any atom is 0.0639 e. The molecule has 1 heteroatoms. The lowest BCUT2D eigenvalue weighted by atomic mass is 9.73. The normalized spacial score (nSPS) is 31.9.